The van der Waals surface area contributed by atoms with E-state index in [1.54, 1.807) is 0 Å². The van der Waals surface area contributed by atoms with Gasteiger partial charge in [-0.05, 0) is 22.9 Å². The number of aldehydes is 1. The van der Waals surface area contributed by atoms with E-state index in [2.05, 4.69) is 20.9 Å². The Hall–Kier alpha value is -1.17. The highest BCUT2D eigenvalue weighted by Gasteiger charge is 2.10. The molecule has 1 rings (SSSR count). The van der Waals surface area contributed by atoms with Gasteiger partial charge < -0.3 is 9.78 Å². The number of carbonyl (C=O) groups excluding carboxylic acids is 1. The van der Waals surface area contributed by atoms with E-state index >= 15 is 0 Å². The summed E-state index contributed by atoms with van der Waals surface area (Å²) in [6.07, 6.45) is 1.78. The van der Waals surface area contributed by atoms with Crippen molar-refractivity contribution in [2.45, 2.75) is 13.0 Å². The molecule has 1 aromatic heterocycles. The second-order valence-electron chi connectivity index (χ2n) is 2.49. The van der Waals surface area contributed by atoms with Crippen LogP contribution in [0.15, 0.2) is 20.3 Å². The zero-order chi connectivity index (χ0) is 10.0. The molecule has 0 saturated heterocycles. The second-order valence-corrected chi connectivity index (χ2v) is 3.35. The molecule has 1 atom stereocenters. The molecular weight excluding hydrogens is 240 g/mol. The van der Waals surface area contributed by atoms with Gasteiger partial charge in [-0.3, -0.25) is 4.79 Å². The van der Waals surface area contributed by atoms with Gasteiger partial charge >= 0.3 is 5.69 Å². The highest BCUT2D eigenvalue weighted by atomic mass is 79.9. The van der Waals surface area contributed by atoms with E-state index in [0.717, 1.165) is 4.57 Å². The Bertz CT molecular complexity index is 434. The third-order valence-corrected chi connectivity index (χ3v) is 2.14. The topological polar surface area (TPSA) is 71.9 Å². The number of nitrogens with zero attached hydrogens (tertiary/aromatic N) is 1. The first-order chi connectivity index (χ1) is 6.07. The molecular formula is C7H7BrN2O3. The van der Waals surface area contributed by atoms with Crippen LogP contribution in [-0.4, -0.2) is 15.8 Å². The van der Waals surface area contributed by atoms with Gasteiger partial charge in [-0.1, -0.05) is 0 Å². The standard InChI is InChI=1S/C7H7BrN2O3/c1-4(3-11)10-6(12)5(8)2-9-7(10)13/h2-4H,1H3,(H,9,13)/t4-/m0/s1. The van der Waals surface area contributed by atoms with Gasteiger partial charge in [0.1, 0.15) is 6.29 Å². The Kier molecular flexibility index (Phi) is 2.82. The van der Waals surface area contributed by atoms with Crippen molar-refractivity contribution in [2.24, 2.45) is 0 Å². The van der Waals surface area contributed by atoms with Crippen molar-refractivity contribution in [3.8, 4) is 0 Å². The summed E-state index contributed by atoms with van der Waals surface area (Å²) >= 11 is 2.96. The van der Waals surface area contributed by atoms with Crippen molar-refractivity contribution < 1.29 is 4.79 Å². The van der Waals surface area contributed by atoms with Crippen LogP contribution in [0.2, 0.25) is 0 Å². The van der Waals surface area contributed by atoms with E-state index in [1.165, 1.54) is 13.1 Å². The summed E-state index contributed by atoms with van der Waals surface area (Å²) in [5, 5.41) is 0. The number of rotatable bonds is 2. The Balaban J connectivity index is 3.52. The monoisotopic (exact) mass is 246 g/mol. The van der Waals surface area contributed by atoms with E-state index in [9.17, 15) is 14.4 Å². The average molecular weight is 247 g/mol. The predicted molar refractivity (Wildman–Crippen MR) is 49.8 cm³/mol. The number of aromatic nitrogens is 2. The lowest BCUT2D eigenvalue weighted by Gasteiger charge is -2.05. The molecule has 0 unspecified atom stereocenters. The lowest BCUT2D eigenvalue weighted by molar-refractivity contribution is -0.110. The largest absolute Gasteiger partial charge is 0.329 e. The fourth-order valence-electron chi connectivity index (χ4n) is 0.894. The van der Waals surface area contributed by atoms with E-state index in [1.807, 2.05) is 0 Å². The molecule has 0 spiro atoms. The first-order valence-corrected chi connectivity index (χ1v) is 4.32. The molecule has 13 heavy (non-hydrogen) atoms. The number of hydrogen-bond donors (Lipinski definition) is 1. The smallest absolute Gasteiger partial charge is 0.313 e. The van der Waals surface area contributed by atoms with Crippen LogP contribution < -0.4 is 11.2 Å². The molecule has 0 aliphatic carbocycles. The van der Waals surface area contributed by atoms with Gasteiger partial charge in [0.2, 0.25) is 0 Å². The van der Waals surface area contributed by atoms with Crippen molar-refractivity contribution >= 4 is 22.2 Å². The quantitative estimate of drug-likeness (QED) is 0.751. The third-order valence-electron chi connectivity index (χ3n) is 1.57. The Morgan fingerprint density at radius 3 is 2.77 bits per heavy atom. The van der Waals surface area contributed by atoms with Gasteiger partial charge in [0, 0.05) is 6.20 Å². The first kappa shape index (κ1) is 9.91. The molecule has 70 valence electrons. The van der Waals surface area contributed by atoms with Crippen molar-refractivity contribution in [1.29, 1.82) is 0 Å². The van der Waals surface area contributed by atoms with Crippen LogP contribution in [-0.2, 0) is 4.79 Å². The van der Waals surface area contributed by atoms with E-state index in [0.29, 0.717) is 6.29 Å². The first-order valence-electron chi connectivity index (χ1n) is 3.53. The number of halogens is 1. The van der Waals surface area contributed by atoms with Crippen LogP contribution in [0.5, 0.6) is 0 Å². The lowest BCUT2D eigenvalue weighted by Crippen LogP contribution is -2.37. The maximum Gasteiger partial charge on any atom is 0.329 e. The maximum absolute atomic E-state index is 11.3. The summed E-state index contributed by atoms with van der Waals surface area (Å²) in [5.41, 5.74) is -1.10. The van der Waals surface area contributed by atoms with Crippen LogP contribution in [0.4, 0.5) is 0 Å². The van der Waals surface area contributed by atoms with E-state index in [-0.39, 0.29) is 4.47 Å². The fourth-order valence-corrected chi connectivity index (χ4v) is 1.20. The summed E-state index contributed by atoms with van der Waals surface area (Å²) in [4.78, 5) is 35.2. The summed E-state index contributed by atoms with van der Waals surface area (Å²) in [6.45, 7) is 1.47. The third kappa shape index (κ3) is 1.77. The average Bonchev–Trinajstić information content (AvgIpc) is 2.12. The van der Waals surface area contributed by atoms with Gasteiger partial charge in [-0.25, -0.2) is 9.36 Å². The molecule has 1 N–H and O–H groups in total. The van der Waals surface area contributed by atoms with Gasteiger partial charge in [-0.2, -0.15) is 0 Å². The van der Waals surface area contributed by atoms with Crippen LogP contribution in [0.1, 0.15) is 13.0 Å². The Labute approximate surface area is 81.5 Å². The van der Waals surface area contributed by atoms with Crippen LogP contribution in [0.3, 0.4) is 0 Å². The summed E-state index contributed by atoms with van der Waals surface area (Å²) in [5.74, 6) is 0. The second kappa shape index (κ2) is 3.69. The summed E-state index contributed by atoms with van der Waals surface area (Å²) < 4.78 is 1.07. The normalized spacial score (nSPS) is 12.5. The maximum atomic E-state index is 11.3. The van der Waals surface area contributed by atoms with Crippen LogP contribution >= 0.6 is 15.9 Å². The Morgan fingerprint density at radius 2 is 2.23 bits per heavy atom. The number of H-pyrrole nitrogens is 1. The molecule has 0 fully saturated rings. The molecule has 0 aliphatic heterocycles. The summed E-state index contributed by atoms with van der Waals surface area (Å²) in [6, 6.07) is -0.756. The molecule has 0 aliphatic rings. The molecule has 0 bridgehead atoms. The zero-order valence-electron chi connectivity index (χ0n) is 6.78. The molecule has 0 radical (unpaired) electrons. The molecule has 0 aromatic carbocycles. The van der Waals surface area contributed by atoms with Gasteiger partial charge in [0.25, 0.3) is 5.56 Å². The minimum Gasteiger partial charge on any atom is -0.313 e. The number of carbonyl (C=O) groups is 1. The molecule has 1 aromatic rings. The lowest BCUT2D eigenvalue weighted by atomic mass is 10.4. The van der Waals surface area contributed by atoms with Gasteiger partial charge in [0.15, 0.2) is 0 Å². The van der Waals surface area contributed by atoms with Gasteiger partial charge in [-0.15, -0.1) is 0 Å². The minimum absolute atomic E-state index is 0.223. The molecule has 0 saturated carbocycles. The number of nitrogens with one attached hydrogen (secondary N) is 1. The van der Waals surface area contributed by atoms with Crippen molar-refractivity contribution in [3.05, 3.63) is 31.5 Å². The summed E-state index contributed by atoms with van der Waals surface area (Å²) in [7, 11) is 0. The van der Waals surface area contributed by atoms with Gasteiger partial charge in [0.05, 0.1) is 10.5 Å². The molecule has 6 heteroatoms. The Morgan fingerprint density at radius 1 is 1.62 bits per heavy atom. The molecule has 5 nitrogen and oxygen atoms in total. The molecule has 0 amide bonds. The van der Waals surface area contributed by atoms with Crippen molar-refractivity contribution in [1.82, 2.24) is 9.55 Å². The number of hydrogen-bond acceptors (Lipinski definition) is 3. The van der Waals surface area contributed by atoms with Crippen molar-refractivity contribution in [3.63, 3.8) is 0 Å². The highest BCUT2D eigenvalue weighted by Crippen LogP contribution is 1.99. The molecule has 1 heterocycles. The highest BCUT2D eigenvalue weighted by molar-refractivity contribution is 9.10. The zero-order valence-corrected chi connectivity index (χ0v) is 8.37. The van der Waals surface area contributed by atoms with Crippen molar-refractivity contribution in [2.75, 3.05) is 0 Å². The number of aromatic amines is 1. The predicted octanol–water partition coefficient (Wildman–Crippen LogP) is 0.0590. The SMILES string of the molecule is C[C@@H](C=O)n1c(=O)[nH]cc(Br)c1=O. The fraction of sp³-hybridized carbons (Fsp3) is 0.286. The van der Waals surface area contributed by atoms with E-state index < -0.39 is 17.3 Å². The van der Waals surface area contributed by atoms with Crippen LogP contribution in [0, 0.1) is 0 Å². The van der Waals surface area contributed by atoms with E-state index in [4.69, 9.17) is 0 Å². The van der Waals surface area contributed by atoms with Crippen LogP contribution in [0.25, 0.3) is 0 Å². The minimum atomic E-state index is -0.756.